The van der Waals surface area contributed by atoms with Crippen LogP contribution in [0.15, 0.2) is 59.4 Å². The average molecular weight is 408 g/mol. The summed E-state index contributed by atoms with van der Waals surface area (Å²) in [4.78, 5) is 11.8. The fraction of sp³-hybridized carbons (Fsp3) is 0.400. The highest BCUT2D eigenvalue weighted by Gasteiger charge is 2.42. The van der Waals surface area contributed by atoms with E-state index in [1.54, 1.807) is 24.8 Å². The fourth-order valence-electron chi connectivity index (χ4n) is 4.42. The normalized spacial score (nSPS) is 20.9. The summed E-state index contributed by atoms with van der Waals surface area (Å²) in [7, 11) is 3.56. The zero-order valence-electron chi connectivity index (χ0n) is 18.1. The maximum Gasteiger partial charge on any atom is 0.250 e. The predicted octanol–water partition coefficient (Wildman–Crippen LogP) is 4.55. The molecule has 1 saturated heterocycles. The van der Waals surface area contributed by atoms with Gasteiger partial charge in [0.2, 0.25) is 0 Å². The van der Waals surface area contributed by atoms with Crippen LogP contribution in [0.3, 0.4) is 0 Å². The van der Waals surface area contributed by atoms with Crippen LogP contribution >= 0.6 is 0 Å². The van der Waals surface area contributed by atoms with Crippen molar-refractivity contribution in [2.45, 2.75) is 44.5 Å². The minimum absolute atomic E-state index is 0.00771. The number of benzene rings is 2. The summed E-state index contributed by atoms with van der Waals surface area (Å²) >= 11 is 0. The first-order valence-corrected chi connectivity index (χ1v) is 10.3. The van der Waals surface area contributed by atoms with Gasteiger partial charge in [-0.2, -0.15) is 0 Å². The molecule has 5 heteroatoms. The van der Waals surface area contributed by atoms with Gasteiger partial charge in [0.1, 0.15) is 12.4 Å². The quantitative estimate of drug-likeness (QED) is 0.623. The largest absolute Gasteiger partial charge is 0.489 e. The van der Waals surface area contributed by atoms with Gasteiger partial charge in [-0.15, -0.1) is 0 Å². The molecule has 2 heterocycles. The van der Waals surface area contributed by atoms with Crippen LogP contribution < -0.4 is 10.3 Å². The standard InChI is InChI=1S/C25H29NO4/c1-24(2)17-25(28-4,12-13-30-24)20-6-5-7-21(15-20)29-16-18-8-10-22-19(14-18)9-11-23(27)26(22)3/h5-11,14-15H,12-13,16-17H2,1-4H3. The highest BCUT2D eigenvalue weighted by atomic mass is 16.5. The molecule has 5 nitrogen and oxygen atoms in total. The summed E-state index contributed by atoms with van der Waals surface area (Å²) in [5.74, 6) is 0.814. The summed E-state index contributed by atoms with van der Waals surface area (Å²) in [6.45, 7) is 5.34. The first kappa shape index (κ1) is 20.6. The Morgan fingerprint density at radius 3 is 2.70 bits per heavy atom. The highest BCUT2D eigenvalue weighted by molar-refractivity contribution is 5.79. The van der Waals surface area contributed by atoms with E-state index in [0.29, 0.717) is 13.2 Å². The second kappa shape index (κ2) is 7.89. The number of aromatic nitrogens is 1. The third-order valence-electron chi connectivity index (χ3n) is 6.06. The molecule has 0 amide bonds. The van der Waals surface area contributed by atoms with Crippen molar-refractivity contribution in [2.24, 2.45) is 7.05 Å². The third-order valence-corrected chi connectivity index (χ3v) is 6.06. The lowest BCUT2D eigenvalue weighted by Gasteiger charge is -2.44. The number of methoxy groups -OCH3 is 1. The van der Waals surface area contributed by atoms with E-state index < -0.39 is 0 Å². The SMILES string of the molecule is COC1(c2cccc(OCc3ccc4c(ccc(=O)n4C)c3)c2)CCOC(C)(C)C1. The van der Waals surface area contributed by atoms with Gasteiger partial charge in [-0.1, -0.05) is 18.2 Å². The molecule has 0 radical (unpaired) electrons. The lowest BCUT2D eigenvalue weighted by Crippen LogP contribution is -2.45. The number of rotatable bonds is 5. The monoisotopic (exact) mass is 407 g/mol. The van der Waals surface area contributed by atoms with Crippen LogP contribution in [-0.2, 0) is 28.7 Å². The summed E-state index contributed by atoms with van der Waals surface area (Å²) in [6, 6.07) is 17.7. The van der Waals surface area contributed by atoms with Gasteiger partial charge in [-0.3, -0.25) is 4.79 Å². The van der Waals surface area contributed by atoms with Crippen molar-refractivity contribution in [3.05, 3.63) is 76.1 Å². The zero-order chi connectivity index (χ0) is 21.4. The van der Waals surface area contributed by atoms with Gasteiger partial charge in [0.25, 0.3) is 5.56 Å². The molecule has 0 spiro atoms. The zero-order valence-corrected chi connectivity index (χ0v) is 18.1. The van der Waals surface area contributed by atoms with Crippen LogP contribution in [0.4, 0.5) is 0 Å². The van der Waals surface area contributed by atoms with Crippen molar-refractivity contribution in [1.82, 2.24) is 4.57 Å². The van der Waals surface area contributed by atoms with Crippen molar-refractivity contribution >= 4 is 10.9 Å². The molecule has 30 heavy (non-hydrogen) atoms. The average Bonchev–Trinajstić information content (AvgIpc) is 2.74. The Kier molecular flexibility index (Phi) is 5.43. The fourth-order valence-corrected chi connectivity index (χ4v) is 4.42. The summed E-state index contributed by atoms with van der Waals surface area (Å²) in [5, 5.41) is 1.02. The van der Waals surface area contributed by atoms with Crippen LogP contribution in [0.25, 0.3) is 10.9 Å². The first-order chi connectivity index (χ1) is 14.3. The van der Waals surface area contributed by atoms with Crippen LogP contribution in [0.2, 0.25) is 0 Å². The maximum absolute atomic E-state index is 11.8. The topological polar surface area (TPSA) is 49.7 Å². The van der Waals surface area contributed by atoms with E-state index in [4.69, 9.17) is 14.2 Å². The molecule has 0 bridgehead atoms. The Balaban J connectivity index is 1.54. The Hall–Kier alpha value is -2.63. The summed E-state index contributed by atoms with van der Waals surface area (Å²) in [6.07, 6.45) is 1.61. The van der Waals surface area contributed by atoms with Crippen LogP contribution in [-0.4, -0.2) is 23.9 Å². The third kappa shape index (κ3) is 4.00. The number of nitrogens with zero attached hydrogens (tertiary/aromatic N) is 1. The number of pyridine rings is 1. The van der Waals surface area contributed by atoms with Gasteiger partial charge in [0.15, 0.2) is 0 Å². The van der Waals surface area contributed by atoms with Crippen molar-refractivity contribution in [2.75, 3.05) is 13.7 Å². The predicted molar refractivity (Wildman–Crippen MR) is 118 cm³/mol. The molecule has 3 aromatic rings. The molecule has 0 aliphatic carbocycles. The van der Waals surface area contributed by atoms with Crippen LogP contribution in [0.5, 0.6) is 5.75 Å². The van der Waals surface area contributed by atoms with Crippen molar-refractivity contribution in [3.63, 3.8) is 0 Å². The molecule has 158 valence electrons. The minimum atomic E-state index is -0.366. The van der Waals surface area contributed by atoms with E-state index in [2.05, 4.69) is 32.0 Å². The van der Waals surface area contributed by atoms with E-state index in [9.17, 15) is 4.79 Å². The number of ether oxygens (including phenoxy) is 3. The van der Waals surface area contributed by atoms with Gasteiger partial charge < -0.3 is 18.8 Å². The van der Waals surface area contributed by atoms with E-state index in [0.717, 1.165) is 40.6 Å². The summed E-state index contributed by atoms with van der Waals surface area (Å²) < 4.78 is 19.7. The van der Waals surface area contributed by atoms with Gasteiger partial charge in [0.05, 0.1) is 23.3 Å². The number of hydrogen-bond donors (Lipinski definition) is 0. The lowest BCUT2D eigenvalue weighted by atomic mass is 9.79. The molecule has 4 rings (SSSR count). The Labute approximate surface area is 177 Å². The lowest BCUT2D eigenvalue weighted by molar-refractivity contribution is -0.162. The van der Waals surface area contributed by atoms with Gasteiger partial charge >= 0.3 is 0 Å². The van der Waals surface area contributed by atoms with Gasteiger partial charge in [-0.25, -0.2) is 0 Å². The van der Waals surface area contributed by atoms with E-state index >= 15 is 0 Å². The molecule has 0 N–H and O–H groups in total. The molecular formula is C25H29NO4. The molecule has 1 aliphatic heterocycles. The second-order valence-electron chi connectivity index (χ2n) is 8.67. The van der Waals surface area contributed by atoms with E-state index in [1.165, 1.54) is 0 Å². The van der Waals surface area contributed by atoms with Crippen molar-refractivity contribution in [1.29, 1.82) is 0 Å². The van der Waals surface area contributed by atoms with Crippen molar-refractivity contribution in [3.8, 4) is 5.75 Å². The van der Waals surface area contributed by atoms with Crippen LogP contribution in [0.1, 0.15) is 37.8 Å². The Morgan fingerprint density at radius 2 is 1.93 bits per heavy atom. The number of aryl methyl sites for hydroxylation is 1. The Morgan fingerprint density at radius 1 is 1.10 bits per heavy atom. The second-order valence-corrected chi connectivity index (χ2v) is 8.67. The minimum Gasteiger partial charge on any atom is -0.489 e. The molecular weight excluding hydrogens is 378 g/mol. The highest BCUT2D eigenvalue weighted by Crippen LogP contribution is 2.42. The number of fused-ring (bicyclic) bond motifs is 1. The van der Waals surface area contributed by atoms with E-state index in [1.807, 2.05) is 30.3 Å². The van der Waals surface area contributed by atoms with Gasteiger partial charge in [-0.05, 0) is 60.7 Å². The smallest absolute Gasteiger partial charge is 0.250 e. The first-order valence-electron chi connectivity index (χ1n) is 10.3. The Bertz CT molecular complexity index is 1120. The summed E-state index contributed by atoms with van der Waals surface area (Å²) in [5.41, 5.74) is 2.49. The van der Waals surface area contributed by atoms with Crippen LogP contribution in [0, 0.1) is 0 Å². The number of hydrogen-bond acceptors (Lipinski definition) is 4. The molecule has 1 unspecified atom stereocenters. The maximum atomic E-state index is 11.8. The molecule has 0 saturated carbocycles. The molecule has 1 fully saturated rings. The molecule has 1 aromatic heterocycles. The molecule has 1 atom stereocenters. The molecule has 2 aromatic carbocycles. The molecule has 1 aliphatic rings. The van der Waals surface area contributed by atoms with Crippen molar-refractivity contribution < 1.29 is 14.2 Å². The van der Waals surface area contributed by atoms with E-state index in [-0.39, 0.29) is 16.8 Å². The van der Waals surface area contributed by atoms with Gasteiger partial charge in [0, 0.05) is 33.1 Å².